The molecule has 0 fully saturated rings. The Balaban J connectivity index is 1.67. The van der Waals surface area contributed by atoms with Crippen LogP contribution in [-0.4, -0.2) is 32.3 Å². The van der Waals surface area contributed by atoms with E-state index in [9.17, 15) is 9.59 Å². The first-order chi connectivity index (χ1) is 18.2. The van der Waals surface area contributed by atoms with E-state index in [1.54, 1.807) is 32.2 Å². The summed E-state index contributed by atoms with van der Waals surface area (Å²) < 4.78 is 22.1. The molecule has 2 atom stereocenters. The fourth-order valence-corrected chi connectivity index (χ4v) is 4.70. The Labute approximate surface area is 230 Å². The van der Waals surface area contributed by atoms with Crippen molar-refractivity contribution < 1.29 is 23.7 Å². The van der Waals surface area contributed by atoms with E-state index >= 15 is 0 Å². The molecule has 1 heterocycles. The normalized spacial score (nSPS) is 12.6. The number of ether oxygens (including phenoxy) is 4. The Morgan fingerprint density at radius 2 is 1.55 bits per heavy atom. The van der Waals surface area contributed by atoms with Gasteiger partial charge in [-0.2, -0.15) is 0 Å². The number of carbonyl (C=O) groups is 1. The number of hydrogen-bond donors (Lipinski definition) is 1. The van der Waals surface area contributed by atoms with Gasteiger partial charge in [-0.05, 0) is 53.1 Å². The molecule has 0 aliphatic heterocycles. The number of methoxy groups -OCH3 is 3. The maximum absolute atomic E-state index is 13.4. The molecule has 38 heavy (non-hydrogen) atoms. The summed E-state index contributed by atoms with van der Waals surface area (Å²) in [5.41, 5.74) is 1.31. The van der Waals surface area contributed by atoms with E-state index in [2.05, 4.69) is 4.98 Å². The fourth-order valence-electron chi connectivity index (χ4n) is 4.19. The molecular formula is C29H27Cl2NO6. The Bertz CT molecular complexity index is 1530. The van der Waals surface area contributed by atoms with E-state index in [4.69, 9.17) is 42.1 Å². The van der Waals surface area contributed by atoms with E-state index in [0.29, 0.717) is 22.6 Å². The molecule has 7 nitrogen and oxygen atoms in total. The first-order valence-electron chi connectivity index (χ1n) is 11.8. The van der Waals surface area contributed by atoms with E-state index in [1.165, 1.54) is 20.4 Å². The molecule has 0 aliphatic rings. The van der Waals surface area contributed by atoms with Crippen LogP contribution in [0.4, 0.5) is 0 Å². The van der Waals surface area contributed by atoms with E-state index < -0.39 is 23.6 Å². The molecule has 0 aliphatic carbocycles. The third-order valence-electron chi connectivity index (χ3n) is 6.43. The van der Waals surface area contributed by atoms with Gasteiger partial charge < -0.3 is 23.9 Å². The summed E-state index contributed by atoms with van der Waals surface area (Å²) in [5, 5.41) is 2.17. The molecule has 4 rings (SSSR count). The number of hydrogen-bond acceptors (Lipinski definition) is 6. The van der Waals surface area contributed by atoms with E-state index in [0.717, 1.165) is 22.1 Å². The lowest BCUT2D eigenvalue weighted by molar-refractivity contribution is -0.150. The van der Waals surface area contributed by atoms with Gasteiger partial charge in [0.15, 0.2) is 11.5 Å². The molecule has 0 radical (unpaired) electrons. The number of pyridine rings is 1. The maximum Gasteiger partial charge on any atom is 0.313 e. The summed E-state index contributed by atoms with van der Waals surface area (Å²) in [7, 11) is 4.67. The molecule has 0 spiro atoms. The minimum Gasteiger partial charge on any atom is -0.497 e. The van der Waals surface area contributed by atoms with Crippen molar-refractivity contribution in [2.45, 2.75) is 25.4 Å². The molecule has 0 saturated heterocycles. The quantitative estimate of drug-likeness (QED) is 0.237. The van der Waals surface area contributed by atoms with Crippen molar-refractivity contribution >= 4 is 39.9 Å². The molecule has 9 heteroatoms. The first kappa shape index (κ1) is 27.4. The standard InChI is InChI=1S/C29H27Cl2NO6/c1-16(17-5-6-19-12-21(35-2)9-7-18(19)11-17)29(34)38-25(14-22-23(30)15-32-28(33)27(22)31)20-8-10-24(36-3)26(13-20)37-4/h5-13,15-16,25H,14H2,1-4H3,(H,32,33). The number of H-pyrrole nitrogens is 1. The molecule has 4 aromatic rings. The van der Waals surface area contributed by atoms with Crippen LogP contribution >= 0.6 is 23.2 Å². The number of aromatic nitrogens is 1. The summed E-state index contributed by atoms with van der Waals surface area (Å²) in [6, 6.07) is 16.7. The lowest BCUT2D eigenvalue weighted by Gasteiger charge is -2.23. The number of fused-ring (bicyclic) bond motifs is 1. The number of esters is 1. The minimum absolute atomic E-state index is 0.0583. The largest absolute Gasteiger partial charge is 0.497 e. The molecule has 0 amide bonds. The molecule has 198 valence electrons. The number of carbonyl (C=O) groups excluding carboxylic acids is 1. The van der Waals surface area contributed by atoms with Crippen LogP contribution in [0.25, 0.3) is 10.8 Å². The van der Waals surface area contributed by atoms with Crippen LogP contribution in [0.2, 0.25) is 10.0 Å². The van der Waals surface area contributed by atoms with E-state index in [-0.39, 0.29) is 16.5 Å². The predicted molar refractivity (Wildman–Crippen MR) is 148 cm³/mol. The second-order valence-electron chi connectivity index (χ2n) is 8.70. The summed E-state index contributed by atoms with van der Waals surface area (Å²) in [5.74, 6) is 0.721. The maximum atomic E-state index is 13.4. The van der Waals surface area contributed by atoms with Crippen LogP contribution in [0.3, 0.4) is 0 Å². The predicted octanol–water partition coefficient (Wildman–Crippen LogP) is 6.49. The van der Waals surface area contributed by atoms with Gasteiger partial charge in [-0.25, -0.2) is 0 Å². The minimum atomic E-state index is -0.814. The molecule has 1 aromatic heterocycles. The van der Waals surface area contributed by atoms with Crippen molar-refractivity contribution in [3.8, 4) is 17.2 Å². The van der Waals surface area contributed by atoms with E-state index in [1.807, 2.05) is 36.4 Å². The Morgan fingerprint density at radius 1 is 0.868 bits per heavy atom. The van der Waals surface area contributed by atoms with Gasteiger partial charge in [-0.3, -0.25) is 9.59 Å². The molecule has 1 N–H and O–H groups in total. The van der Waals surface area contributed by atoms with Gasteiger partial charge in [0.25, 0.3) is 5.56 Å². The summed E-state index contributed by atoms with van der Waals surface area (Å²) in [6.07, 6.45) is 0.629. The topological polar surface area (TPSA) is 86.9 Å². The summed E-state index contributed by atoms with van der Waals surface area (Å²) in [4.78, 5) is 28.1. The van der Waals surface area contributed by atoms with Crippen molar-refractivity contribution in [3.05, 3.63) is 97.9 Å². The zero-order chi connectivity index (χ0) is 27.4. The van der Waals surface area contributed by atoms with Gasteiger partial charge >= 0.3 is 5.97 Å². The second kappa shape index (κ2) is 11.8. The van der Waals surface area contributed by atoms with Crippen molar-refractivity contribution in [1.82, 2.24) is 4.98 Å². The van der Waals surface area contributed by atoms with Crippen LogP contribution < -0.4 is 19.8 Å². The number of rotatable bonds is 9. The Hall–Kier alpha value is -3.68. The highest BCUT2D eigenvalue weighted by Crippen LogP contribution is 2.36. The highest BCUT2D eigenvalue weighted by Gasteiger charge is 2.26. The first-order valence-corrected chi connectivity index (χ1v) is 12.6. The second-order valence-corrected chi connectivity index (χ2v) is 9.48. The van der Waals surface area contributed by atoms with Gasteiger partial charge in [-0.1, -0.05) is 53.5 Å². The summed E-state index contributed by atoms with van der Waals surface area (Å²) in [6.45, 7) is 1.78. The third-order valence-corrected chi connectivity index (χ3v) is 7.17. The van der Waals surface area contributed by atoms with Crippen LogP contribution in [0.5, 0.6) is 17.2 Å². The van der Waals surface area contributed by atoms with Gasteiger partial charge in [0.2, 0.25) is 0 Å². The van der Waals surface area contributed by atoms with Crippen molar-refractivity contribution in [1.29, 1.82) is 0 Å². The third kappa shape index (κ3) is 5.74. The SMILES string of the molecule is COc1ccc2cc(C(C)C(=O)OC(Cc3c(Cl)c[nH]c(=O)c3Cl)c3ccc(OC)c(OC)c3)ccc2c1. The number of benzene rings is 3. The number of halogens is 2. The Morgan fingerprint density at radius 3 is 2.26 bits per heavy atom. The van der Waals surface area contributed by atoms with Crippen molar-refractivity contribution in [2.75, 3.05) is 21.3 Å². The summed E-state index contributed by atoms with van der Waals surface area (Å²) >= 11 is 12.6. The highest BCUT2D eigenvalue weighted by atomic mass is 35.5. The van der Waals surface area contributed by atoms with Gasteiger partial charge in [0.05, 0.1) is 32.3 Å². The average Bonchev–Trinajstić information content (AvgIpc) is 2.95. The number of nitrogens with one attached hydrogen (secondary N) is 1. The van der Waals surface area contributed by atoms with Crippen LogP contribution in [0, 0.1) is 0 Å². The van der Waals surface area contributed by atoms with Crippen molar-refractivity contribution in [3.63, 3.8) is 0 Å². The molecule has 0 saturated carbocycles. The lowest BCUT2D eigenvalue weighted by atomic mass is 9.97. The molecule has 3 aromatic carbocycles. The zero-order valence-corrected chi connectivity index (χ0v) is 22.9. The smallest absolute Gasteiger partial charge is 0.313 e. The van der Waals surface area contributed by atoms with Crippen LogP contribution in [-0.2, 0) is 16.0 Å². The van der Waals surface area contributed by atoms with Gasteiger partial charge in [-0.15, -0.1) is 0 Å². The monoisotopic (exact) mass is 555 g/mol. The molecule has 0 bridgehead atoms. The average molecular weight is 556 g/mol. The zero-order valence-electron chi connectivity index (χ0n) is 21.3. The van der Waals surface area contributed by atoms with Crippen LogP contribution in [0.15, 0.2) is 65.6 Å². The van der Waals surface area contributed by atoms with Gasteiger partial charge in [0, 0.05) is 18.2 Å². The highest BCUT2D eigenvalue weighted by molar-refractivity contribution is 6.35. The number of aromatic amines is 1. The fraction of sp³-hybridized carbons (Fsp3) is 0.241. The van der Waals surface area contributed by atoms with Gasteiger partial charge in [0.1, 0.15) is 16.9 Å². The van der Waals surface area contributed by atoms with Crippen LogP contribution in [0.1, 0.15) is 35.6 Å². The molecule has 2 unspecified atom stereocenters. The lowest BCUT2D eigenvalue weighted by Crippen LogP contribution is -2.20. The molecular weight excluding hydrogens is 529 g/mol. The van der Waals surface area contributed by atoms with Crippen molar-refractivity contribution in [2.24, 2.45) is 0 Å². The Kier molecular flexibility index (Phi) is 8.49.